The van der Waals surface area contributed by atoms with Crippen LogP contribution in [0.2, 0.25) is 5.02 Å². The zero-order chi connectivity index (χ0) is 24.2. The summed E-state index contributed by atoms with van der Waals surface area (Å²) in [7, 11) is 0. The molecule has 7 nitrogen and oxygen atoms in total. The molecule has 1 N–H and O–H groups in total. The first-order valence-corrected chi connectivity index (χ1v) is 11.7. The Balaban J connectivity index is 1.50. The van der Waals surface area contributed by atoms with Crippen LogP contribution < -0.4 is 15.7 Å². The zero-order valence-electron chi connectivity index (χ0n) is 19.1. The summed E-state index contributed by atoms with van der Waals surface area (Å²) >= 11 is 6.43. The highest BCUT2D eigenvalue weighted by Gasteiger charge is 2.28. The number of carbonyl (C=O) groups excluding carboxylic acids is 2. The van der Waals surface area contributed by atoms with E-state index in [0.717, 1.165) is 35.8 Å². The maximum atomic E-state index is 12.9. The van der Waals surface area contributed by atoms with E-state index in [9.17, 15) is 14.4 Å². The molecule has 0 aliphatic heterocycles. The van der Waals surface area contributed by atoms with Crippen molar-refractivity contribution in [3.05, 3.63) is 74.6 Å². The minimum Gasteiger partial charge on any atom is -0.445 e. The third-order valence-electron chi connectivity index (χ3n) is 5.89. The van der Waals surface area contributed by atoms with E-state index in [1.54, 1.807) is 19.9 Å². The van der Waals surface area contributed by atoms with Crippen molar-refractivity contribution in [3.63, 3.8) is 0 Å². The van der Waals surface area contributed by atoms with Gasteiger partial charge in [0.25, 0.3) is 0 Å². The lowest BCUT2D eigenvalue weighted by atomic mass is 9.90. The number of benzene rings is 2. The number of hydrogen-bond acceptors (Lipinski definition) is 6. The molecule has 1 aliphatic rings. The number of halogens is 1. The number of rotatable bonds is 6. The van der Waals surface area contributed by atoms with Crippen LogP contribution in [-0.2, 0) is 29.0 Å². The van der Waals surface area contributed by atoms with Gasteiger partial charge in [0.05, 0.1) is 5.02 Å². The van der Waals surface area contributed by atoms with Gasteiger partial charge in [-0.05, 0) is 48.8 Å². The van der Waals surface area contributed by atoms with Gasteiger partial charge < -0.3 is 19.2 Å². The molecule has 0 radical (unpaired) electrons. The molecule has 0 saturated carbocycles. The first-order valence-electron chi connectivity index (χ1n) is 11.3. The predicted molar refractivity (Wildman–Crippen MR) is 128 cm³/mol. The first kappa shape index (κ1) is 23.8. The molecule has 0 spiro atoms. The molecule has 1 heterocycles. The lowest BCUT2D eigenvalue weighted by Crippen LogP contribution is -2.46. The average molecular weight is 484 g/mol. The molecular formula is C26H26ClNO6. The van der Waals surface area contributed by atoms with Crippen LogP contribution in [0.1, 0.15) is 43.4 Å². The third kappa shape index (κ3) is 5.25. The molecule has 34 heavy (non-hydrogen) atoms. The van der Waals surface area contributed by atoms with E-state index in [2.05, 4.69) is 5.32 Å². The van der Waals surface area contributed by atoms with Crippen molar-refractivity contribution < 1.29 is 23.5 Å². The Bertz CT molecular complexity index is 1270. The number of carbonyl (C=O) groups is 2. The van der Waals surface area contributed by atoms with E-state index in [4.69, 9.17) is 25.5 Å². The minimum absolute atomic E-state index is 0.0585. The van der Waals surface area contributed by atoms with Gasteiger partial charge in [0.15, 0.2) is 5.75 Å². The van der Waals surface area contributed by atoms with Crippen molar-refractivity contribution >= 4 is 34.6 Å². The molecule has 4 rings (SSSR count). The Morgan fingerprint density at radius 1 is 1.09 bits per heavy atom. The number of nitrogens with one attached hydrogen (secondary N) is 1. The molecule has 1 aromatic heterocycles. The van der Waals surface area contributed by atoms with Crippen LogP contribution in [0, 0.1) is 5.92 Å². The summed E-state index contributed by atoms with van der Waals surface area (Å²) in [4.78, 5) is 37.6. The Morgan fingerprint density at radius 3 is 2.50 bits per heavy atom. The van der Waals surface area contributed by atoms with Crippen molar-refractivity contribution in [2.24, 2.45) is 5.92 Å². The molecule has 0 fully saturated rings. The highest BCUT2D eigenvalue weighted by atomic mass is 35.5. The van der Waals surface area contributed by atoms with Gasteiger partial charge in [-0.3, -0.25) is 0 Å². The summed E-state index contributed by atoms with van der Waals surface area (Å²) in [5.74, 6) is -0.919. The highest BCUT2D eigenvalue weighted by Crippen LogP contribution is 2.34. The molecule has 178 valence electrons. The second kappa shape index (κ2) is 10.3. The number of hydrogen-bond donors (Lipinski definition) is 1. The molecule has 1 unspecified atom stereocenters. The van der Waals surface area contributed by atoms with Crippen LogP contribution in [0.15, 0.2) is 51.7 Å². The number of amides is 1. The standard InChI is InChI=1S/C26H26ClNO6/c1-15(2)23(28-26(31)32-14-16-8-4-3-5-9-16)25(30)34-22-13-21-19(12-20(22)27)17-10-6-7-11-18(17)24(29)33-21/h3-5,8-9,12-13,15,23H,6-7,10-11,14H2,1-2H3,(H,28,31). The van der Waals surface area contributed by atoms with Gasteiger partial charge in [-0.15, -0.1) is 0 Å². The van der Waals surface area contributed by atoms with Gasteiger partial charge >= 0.3 is 17.7 Å². The van der Waals surface area contributed by atoms with E-state index >= 15 is 0 Å². The van der Waals surface area contributed by atoms with Crippen LogP contribution in [0.5, 0.6) is 5.75 Å². The summed E-state index contributed by atoms with van der Waals surface area (Å²) in [6, 6.07) is 11.4. The van der Waals surface area contributed by atoms with Crippen molar-refractivity contribution in [2.45, 2.75) is 52.2 Å². The second-order valence-corrected chi connectivity index (χ2v) is 9.09. The number of fused-ring (bicyclic) bond motifs is 3. The van der Waals surface area contributed by atoms with Crippen LogP contribution in [0.25, 0.3) is 11.0 Å². The first-order chi connectivity index (χ1) is 16.3. The van der Waals surface area contributed by atoms with E-state index in [-0.39, 0.29) is 28.9 Å². The van der Waals surface area contributed by atoms with Gasteiger partial charge in [-0.2, -0.15) is 0 Å². The molecule has 1 aliphatic carbocycles. The maximum absolute atomic E-state index is 12.9. The fourth-order valence-corrected chi connectivity index (χ4v) is 4.29. The quantitative estimate of drug-likeness (QED) is 0.295. The van der Waals surface area contributed by atoms with Crippen LogP contribution >= 0.6 is 11.6 Å². The van der Waals surface area contributed by atoms with Crippen molar-refractivity contribution in [1.29, 1.82) is 0 Å². The Kier molecular flexibility index (Phi) is 7.22. The fourth-order valence-electron chi connectivity index (χ4n) is 4.08. The molecule has 0 bridgehead atoms. The number of esters is 1. The molecule has 0 saturated heterocycles. The fraction of sp³-hybridized carbons (Fsp3) is 0.346. The number of aryl methyl sites for hydroxylation is 1. The van der Waals surface area contributed by atoms with E-state index < -0.39 is 18.1 Å². The molecular weight excluding hydrogens is 458 g/mol. The monoisotopic (exact) mass is 483 g/mol. The summed E-state index contributed by atoms with van der Waals surface area (Å²) in [6.07, 6.45) is 2.66. The SMILES string of the molecule is CC(C)C(NC(=O)OCc1ccccc1)C(=O)Oc1cc2oc(=O)c3c(c2cc1Cl)CCCC3. The largest absolute Gasteiger partial charge is 0.445 e. The van der Waals surface area contributed by atoms with Gasteiger partial charge in [0.2, 0.25) is 0 Å². The van der Waals surface area contributed by atoms with Gasteiger partial charge in [0, 0.05) is 17.0 Å². The highest BCUT2D eigenvalue weighted by molar-refractivity contribution is 6.33. The maximum Gasteiger partial charge on any atom is 0.408 e. The third-order valence-corrected chi connectivity index (χ3v) is 6.19. The summed E-state index contributed by atoms with van der Waals surface area (Å²) < 4.78 is 16.2. The zero-order valence-corrected chi connectivity index (χ0v) is 19.8. The number of ether oxygens (including phenoxy) is 2. The lowest BCUT2D eigenvalue weighted by Gasteiger charge is -2.21. The minimum atomic E-state index is -0.967. The van der Waals surface area contributed by atoms with Gasteiger partial charge in [-0.25, -0.2) is 14.4 Å². The van der Waals surface area contributed by atoms with E-state index in [1.165, 1.54) is 6.07 Å². The second-order valence-electron chi connectivity index (χ2n) is 8.68. The van der Waals surface area contributed by atoms with Crippen LogP contribution in [-0.4, -0.2) is 18.1 Å². The van der Waals surface area contributed by atoms with Crippen LogP contribution in [0.4, 0.5) is 4.79 Å². The summed E-state index contributed by atoms with van der Waals surface area (Å²) in [5.41, 5.74) is 2.41. The molecule has 8 heteroatoms. The Labute approximate surface area is 202 Å². The van der Waals surface area contributed by atoms with E-state index in [1.807, 2.05) is 30.3 Å². The normalized spacial score (nSPS) is 13.9. The van der Waals surface area contributed by atoms with Crippen LogP contribution in [0.3, 0.4) is 0 Å². The summed E-state index contributed by atoms with van der Waals surface area (Å²) in [5, 5.41) is 3.53. The van der Waals surface area contributed by atoms with Crippen molar-refractivity contribution in [2.75, 3.05) is 0 Å². The van der Waals surface area contributed by atoms with Gasteiger partial charge in [-0.1, -0.05) is 55.8 Å². The Hall–Kier alpha value is -3.32. The average Bonchev–Trinajstić information content (AvgIpc) is 2.83. The molecule has 1 atom stereocenters. The predicted octanol–water partition coefficient (Wildman–Crippen LogP) is 5.18. The van der Waals surface area contributed by atoms with Gasteiger partial charge in [0.1, 0.15) is 18.2 Å². The molecule has 3 aromatic rings. The topological polar surface area (TPSA) is 94.8 Å². The lowest BCUT2D eigenvalue weighted by molar-refractivity contribution is -0.137. The number of alkyl carbamates (subject to hydrolysis) is 1. The Morgan fingerprint density at radius 2 is 1.79 bits per heavy atom. The van der Waals surface area contributed by atoms with E-state index in [0.29, 0.717) is 17.6 Å². The van der Waals surface area contributed by atoms with Crippen molar-refractivity contribution in [3.8, 4) is 5.75 Å². The smallest absolute Gasteiger partial charge is 0.408 e. The molecule has 1 amide bonds. The van der Waals surface area contributed by atoms with Crippen molar-refractivity contribution in [1.82, 2.24) is 5.32 Å². The molecule has 2 aromatic carbocycles. The summed E-state index contributed by atoms with van der Waals surface area (Å²) in [6.45, 7) is 3.62.